The van der Waals surface area contributed by atoms with Crippen LogP contribution < -0.4 is 31.1 Å². The molecule has 0 N–H and O–H groups in total. The Hall–Kier alpha value is -6.56. The van der Waals surface area contributed by atoms with Crippen molar-refractivity contribution in [1.29, 1.82) is 0 Å². The van der Waals surface area contributed by atoms with Gasteiger partial charge in [0.2, 0.25) is 0 Å². The minimum atomic E-state index is -0.257. The van der Waals surface area contributed by atoms with E-state index in [4.69, 9.17) is 0 Å². The Labute approximate surface area is 524 Å². The zero-order valence-electron chi connectivity index (χ0n) is 55.3. The second-order valence-electron chi connectivity index (χ2n) is 33.4. The molecule has 5 heteroatoms. The first kappa shape index (κ1) is 55.7. The first-order valence-electron chi connectivity index (χ1n) is 33.2. The number of nitrogens with zero attached hydrogens (tertiary/aromatic N) is 3. The molecule has 8 aromatic carbocycles. The Balaban J connectivity index is 1.09. The molecule has 1 aromatic heterocycles. The van der Waals surface area contributed by atoms with Gasteiger partial charge >= 0.3 is 0 Å². The maximum absolute atomic E-state index is 2.90. The van der Waals surface area contributed by atoms with Crippen LogP contribution in [-0.4, -0.2) is 12.3 Å². The van der Waals surface area contributed by atoms with E-state index in [1.807, 2.05) is 11.3 Å². The average Bonchev–Trinajstić information content (AvgIpc) is 1.58. The summed E-state index contributed by atoms with van der Waals surface area (Å²) in [4.78, 5) is 8.53. The van der Waals surface area contributed by atoms with E-state index >= 15 is 0 Å². The summed E-state index contributed by atoms with van der Waals surface area (Å²) in [5, 5.41) is 2.66. The molecule has 4 heterocycles. The van der Waals surface area contributed by atoms with Crippen molar-refractivity contribution in [3.8, 4) is 0 Å². The van der Waals surface area contributed by atoms with Gasteiger partial charge in [-0.2, -0.15) is 0 Å². The van der Waals surface area contributed by atoms with Gasteiger partial charge in [0, 0.05) is 76.2 Å². The predicted octanol–water partition coefficient (Wildman–Crippen LogP) is 20.8. The van der Waals surface area contributed by atoms with Crippen molar-refractivity contribution in [2.45, 2.75) is 218 Å². The van der Waals surface area contributed by atoms with Crippen LogP contribution in [0.1, 0.15) is 225 Å². The lowest BCUT2D eigenvalue weighted by molar-refractivity contribution is 0.195. The van der Waals surface area contributed by atoms with Crippen molar-refractivity contribution in [2.24, 2.45) is 0 Å². The van der Waals surface area contributed by atoms with Gasteiger partial charge in [-0.1, -0.05) is 202 Å². The molecule has 4 aliphatic carbocycles. The second kappa shape index (κ2) is 17.6. The maximum Gasteiger partial charge on any atom is 0.252 e. The topological polar surface area (TPSA) is 9.72 Å². The SMILES string of the molecule is CC(C)(C)c1ccc2c(c1)C1(C)CCCCC1(C)N2c1cc2c3c(c1)N(c1cccc4sc5ccccc5c14)c1cc4c(cc1B3c1cc3c(cc1N2c1ccc2c(c1)C(C)(C)CCC2(C)C)C(C)(C)CCC3(C)C)C(C)(C)c1ccccc1C4(C)C. The molecule has 1 saturated carbocycles. The largest absolute Gasteiger partial charge is 0.334 e. The molecule has 0 saturated heterocycles. The van der Waals surface area contributed by atoms with Crippen LogP contribution in [-0.2, 0) is 43.3 Å². The van der Waals surface area contributed by atoms with E-state index in [0.29, 0.717) is 0 Å². The molecule has 0 amide bonds. The van der Waals surface area contributed by atoms with Crippen LogP contribution in [0.2, 0.25) is 0 Å². The summed E-state index contributed by atoms with van der Waals surface area (Å²) in [5.41, 5.74) is 28.8. The van der Waals surface area contributed by atoms with Crippen molar-refractivity contribution in [1.82, 2.24) is 0 Å². The molecule has 3 nitrogen and oxygen atoms in total. The number of thiophene rings is 1. The highest BCUT2D eigenvalue weighted by atomic mass is 32.1. The zero-order valence-corrected chi connectivity index (χ0v) is 56.1. The molecular weight excluding hydrogens is 1070 g/mol. The van der Waals surface area contributed by atoms with Crippen LogP contribution in [0.4, 0.5) is 45.5 Å². The van der Waals surface area contributed by atoms with E-state index in [9.17, 15) is 0 Å². The van der Waals surface area contributed by atoms with Gasteiger partial charge in [-0.3, -0.25) is 0 Å². The van der Waals surface area contributed by atoms with Crippen molar-refractivity contribution >= 4 is 100 Å². The summed E-state index contributed by atoms with van der Waals surface area (Å²) >= 11 is 1.93. The molecule has 442 valence electrons. The Morgan fingerprint density at radius 2 is 0.931 bits per heavy atom. The summed E-state index contributed by atoms with van der Waals surface area (Å²) in [7, 11) is 0. The minimum Gasteiger partial charge on any atom is -0.334 e. The minimum absolute atomic E-state index is 0.00194. The van der Waals surface area contributed by atoms with Gasteiger partial charge < -0.3 is 14.7 Å². The predicted molar refractivity (Wildman–Crippen MR) is 376 cm³/mol. The van der Waals surface area contributed by atoms with Crippen LogP contribution in [0.15, 0.2) is 140 Å². The maximum atomic E-state index is 2.90. The normalized spacial score (nSPS) is 23.4. The Morgan fingerprint density at radius 3 is 1.60 bits per heavy atom. The highest BCUT2D eigenvalue weighted by Crippen LogP contribution is 2.64. The highest BCUT2D eigenvalue weighted by molar-refractivity contribution is 7.26. The molecule has 16 rings (SSSR count). The molecule has 9 aromatic rings. The van der Waals surface area contributed by atoms with Crippen LogP contribution >= 0.6 is 11.3 Å². The summed E-state index contributed by atoms with van der Waals surface area (Å²) in [6.45, 7) is 42.5. The molecule has 1 fully saturated rings. The van der Waals surface area contributed by atoms with Gasteiger partial charge in [0.25, 0.3) is 6.71 Å². The number of benzene rings is 8. The molecule has 0 radical (unpaired) electrons. The van der Waals surface area contributed by atoms with E-state index in [2.05, 4.69) is 272 Å². The Bertz CT molecular complexity index is 4480. The van der Waals surface area contributed by atoms with Gasteiger partial charge in [-0.15, -0.1) is 11.3 Å². The molecule has 7 aliphatic rings. The monoisotopic (exact) mass is 1160 g/mol. The lowest BCUT2D eigenvalue weighted by atomic mass is 9.32. The van der Waals surface area contributed by atoms with Crippen LogP contribution in [0.3, 0.4) is 0 Å². The molecule has 2 unspecified atom stereocenters. The zero-order chi connectivity index (χ0) is 60.9. The summed E-state index contributed by atoms with van der Waals surface area (Å²) in [6, 6.07) is 57.6. The summed E-state index contributed by atoms with van der Waals surface area (Å²) in [5.74, 6) is 0. The van der Waals surface area contributed by atoms with Gasteiger partial charge in [0.15, 0.2) is 0 Å². The number of hydrogen-bond acceptors (Lipinski definition) is 4. The van der Waals surface area contributed by atoms with Crippen LogP contribution in [0.25, 0.3) is 20.2 Å². The third-order valence-electron chi connectivity index (χ3n) is 24.7. The number of hydrogen-bond donors (Lipinski definition) is 0. The van der Waals surface area contributed by atoms with E-state index in [1.54, 1.807) is 0 Å². The smallest absolute Gasteiger partial charge is 0.252 e. The molecule has 0 spiro atoms. The third kappa shape index (κ3) is 7.42. The van der Waals surface area contributed by atoms with E-state index < -0.39 is 0 Å². The lowest BCUT2D eigenvalue weighted by Crippen LogP contribution is -2.62. The standard InChI is InChI=1S/C82H90BN3S/c1-74(2,3)49-31-34-64-61(41-49)81(16)35-22-23-36-82(81,17)86(64)51-43-68-73-69(44-51)85(65-28-24-30-71-72(65)52-25-18-21-29-70(52)87-71)67-48-60-59(79(12,13)54-26-19-20-27-55(54)80(60,14)15)46-63(67)83(73)62-45-57-58(78(10,11)40-39-77(57,8)9)47-66(62)84(68)50-32-33-53-56(42-50)76(6,7)38-37-75(53,4)5/h18-21,24-34,41-48H,22-23,35-40H2,1-17H3. The second-order valence-corrected chi connectivity index (χ2v) is 34.4. The first-order valence-corrected chi connectivity index (χ1v) is 34.1. The van der Waals surface area contributed by atoms with Crippen LogP contribution in [0.5, 0.6) is 0 Å². The van der Waals surface area contributed by atoms with E-state index in [1.165, 1.54) is 163 Å². The van der Waals surface area contributed by atoms with E-state index in [-0.39, 0.29) is 55.6 Å². The lowest BCUT2D eigenvalue weighted by Gasteiger charge is -2.52. The number of rotatable bonds is 3. The van der Waals surface area contributed by atoms with Gasteiger partial charge in [0.1, 0.15) is 0 Å². The van der Waals surface area contributed by atoms with Gasteiger partial charge in [-0.05, 0) is 205 Å². The van der Waals surface area contributed by atoms with E-state index in [0.717, 1.165) is 25.7 Å². The van der Waals surface area contributed by atoms with Crippen molar-refractivity contribution in [2.75, 3.05) is 14.7 Å². The summed E-state index contributed by atoms with van der Waals surface area (Å²) < 4.78 is 2.66. The van der Waals surface area contributed by atoms with Crippen molar-refractivity contribution in [3.05, 3.63) is 195 Å². The number of anilines is 8. The quantitative estimate of drug-likeness (QED) is 0.163. The molecule has 3 aliphatic heterocycles. The van der Waals surface area contributed by atoms with Crippen LogP contribution in [0, 0.1) is 0 Å². The highest BCUT2D eigenvalue weighted by Gasteiger charge is 2.59. The van der Waals surface area contributed by atoms with Gasteiger partial charge in [-0.25, -0.2) is 0 Å². The fourth-order valence-electron chi connectivity index (χ4n) is 18.9. The first-order chi connectivity index (χ1) is 41.0. The fraction of sp³-hybridized carbons (Fsp3) is 0.415. The Morgan fingerprint density at radius 1 is 0.391 bits per heavy atom. The van der Waals surface area contributed by atoms with Crippen molar-refractivity contribution in [3.63, 3.8) is 0 Å². The number of fused-ring (bicyclic) bond motifs is 14. The summed E-state index contributed by atoms with van der Waals surface area (Å²) in [6.07, 6.45) is 9.42. The molecular formula is C82H90BN3S. The molecule has 2 atom stereocenters. The molecule has 87 heavy (non-hydrogen) atoms. The third-order valence-corrected chi connectivity index (χ3v) is 25.9. The Kier molecular flexibility index (Phi) is 11.3. The van der Waals surface area contributed by atoms with Gasteiger partial charge in [0.05, 0.1) is 11.2 Å². The molecule has 0 bridgehead atoms. The average molecular weight is 1160 g/mol. The fourth-order valence-corrected chi connectivity index (χ4v) is 20.0. The van der Waals surface area contributed by atoms with Crippen molar-refractivity contribution < 1.29 is 0 Å².